The lowest BCUT2D eigenvalue weighted by atomic mass is 10.2. The predicted molar refractivity (Wildman–Crippen MR) is 76.7 cm³/mol. The summed E-state index contributed by atoms with van der Waals surface area (Å²) in [4.78, 5) is 6.58. The van der Waals surface area contributed by atoms with E-state index in [1.165, 1.54) is 5.56 Å². The molecule has 0 aliphatic carbocycles. The van der Waals surface area contributed by atoms with Crippen molar-refractivity contribution in [3.05, 3.63) is 66.0 Å². The van der Waals surface area contributed by atoms with Crippen molar-refractivity contribution in [2.45, 2.75) is 13.0 Å². The molecule has 0 atom stereocenters. The number of aromatic nitrogens is 1. The molecule has 0 unspecified atom stereocenters. The monoisotopic (exact) mass is 256 g/mol. The van der Waals surface area contributed by atoms with Gasteiger partial charge >= 0.3 is 0 Å². The smallest absolute Gasteiger partial charge is 0.0558 e. The number of rotatable bonds is 7. The third-order valence-corrected chi connectivity index (χ3v) is 3.08. The van der Waals surface area contributed by atoms with E-state index in [4.69, 9.17) is 5.11 Å². The summed E-state index contributed by atoms with van der Waals surface area (Å²) < 4.78 is 0. The number of hydrogen-bond acceptors (Lipinski definition) is 3. The highest BCUT2D eigenvalue weighted by Gasteiger charge is 2.06. The Hall–Kier alpha value is -1.71. The molecule has 0 amide bonds. The van der Waals surface area contributed by atoms with Gasteiger partial charge in [-0.05, 0) is 17.7 Å². The summed E-state index contributed by atoms with van der Waals surface area (Å²) in [5.74, 6) is 0. The lowest BCUT2D eigenvalue weighted by molar-refractivity contribution is 0.191. The predicted octanol–water partition coefficient (Wildman–Crippen LogP) is 2.12. The van der Waals surface area contributed by atoms with E-state index in [2.05, 4.69) is 22.0 Å². The molecule has 1 aromatic heterocycles. The van der Waals surface area contributed by atoms with Crippen molar-refractivity contribution in [1.82, 2.24) is 9.88 Å². The molecule has 0 bridgehead atoms. The molecule has 0 spiro atoms. The molecule has 2 aromatic rings. The van der Waals surface area contributed by atoms with Crippen LogP contribution in [-0.2, 0) is 13.0 Å². The summed E-state index contributed by atoms with van der Waals surface area (Å²) in [6.45, 7) is 2.66. The Morgan fingerprint density at radius 3 is 2.42 bits per heavy atom. The standard InChI is InChI=1S/C16H20N2O/c19-13-12-18(14-15-6-2-1-3-7-15)11-9-16-8-4-5-10-17-16/h1-8,10,19H,9,11-14H2. The average Bonchev–Trinajstić information content (AvgIpc) is 2.47. The van der Waals surface area contributed by atoms with Gasteiger partial charge in [-0.3, -0.25) is 9.88 Å². The summed E-state index contributed by atoms with van der Waals surface area (Å²) >= 11 is 0. The zero-order chi connectivity index (χ0) is 13.3. The Bertz CT molecular complexity index is 459. The highest BCUT2D eigenvalue weighted by molar-refractivity contribution is 5.14. The number of nitrogens with zero attached hydrogens (tertiary/aromatic N) is 2. The molecule has 0 aliphatic heterocycles. The minimum absolute atomic E-state index is 0.190. The number of aliphatic hydroxyl groups is 1. The van der Waals surface area contributed by atoms with Crippen molar-refractivity contribution in [1.29, 1.82) is 0 Å². The molecule has 3 nitrogen and oxygen atoms in total. The van der Waals surface area contributed by atoms with Crippen molar-refractivity contribution in [2.24, 2.45) is 0 Å². The zero-order valence-electron chi connectivity index (χ0n) is 11.1. The van der Waals surface area contributed by atoms with Crippen LogP contribution >= 0.6 is 0 Å². The number of pyridine rings is 1. The Balaban J connectivity index is 1.89. The molecule has 3 heteroatoms. The van der Waals surface area contributed by atoms with Gasteiger partial charge in [0, 0.05) is 37.9 Å². The van der Waals surface area contributed by atoms with E-state index in [0.29, 0.717) is 6.54 Å². The molecule has 1 heterocycles. The van der Waals surface area contributed by atoms with Gasteiger partial charge in [0.25, 0.3) is 0 Å². The SMILES string of the molecule is OCCN(CCc1ccccn1)Cc1ccccc1. The van der Waals surface area contributed by atoms with Gasteiger partial charge in [0.15, 0.2) is 0 Å². The molecule has 100 valence electrons. The highest BCUT2D eigenvalue weighted by atomic mass is 16.3. The van der Waals surface area contributed by atoms with Crippen molar-refractivity contribution in [3.63, 3.8) is 0 Å². The van der Waals surface area contributed by atoms with Crippen LogP contribution in [0.25, 0.3) is 0 Å². The Kier molecular flexibility index (Phi) is 5.53. The van der Waals surface area contributed by atoms with Crippen LogP contribution in [0.1, 0.15) is 11.3 Å². The lowest BCUT2D eigenvalue weighted by Gasteiger charge is -2.21. The maximum absolute atomic E-state index is 9.15. The summed E-state index contributed by atoms with van der Waals surface area (Å²) in [5.41, 5.74) is 2.37. The fraction of sp³-hybridized carbons (Fsp3) is 0.312. The van der Waals surface area contributed by atoms with Crippen LogP contribution in [-0.4, -0.2) is 34.7 Å². The van der Waals surface area contributed by atoms with Crippen molar-refractivity contribution in [3.8, 4) is 0 Å². The molecule has 0 aliphatic rings. The van der Waals surface area contributed by atoms with Gasteiger partial charge in [0.2, 0.25) is 0 Å². The molecule has 1 aromatic carbocycles. The van der Waals surface area contributed by atoms with E-state index < -0.39 is 0 Å². The summed E-state index contributed by atoms with van der Waals surface area (Å²) in [5, 5.41) is 9.15. The van der Waals surface area contributed by atoms with Gasteiger partial charge in [-0.15, -0.1) is 0 Å². The highest BCUT2D eigenvalue weighted by Crippen LogP contribution is 2.05. The number of aliphatic hydroxyl groups excluding tert-OH is 1. The third kappa shape index (κ3) is 4.81. The second kappa shape index (κ2) is 7.67. The average molecular weight is 256 g/mol. The Morgan fingerprint density at radius 2 is 1.74 bits per heavy atom. The van der Waals surface area contributed by atoms with Crippen LogP contribution in [0.5, 0.6) is 0 Å². The van der Waals surface area contributed by atoms with E-state index in [1.807, 2.05) is 42.6 Å². The first-order chi connectivity index (χ1) is 9.38. The topological polar surface area (TPSA) is 36.4 Å². The molecule has 0 saturated carbocycles. The van der Waals surface area contributed by atoms with E-state index >= 15 is 0 Å². The van der Waals surface area contributed by atoms with Crippen molar-refractivity contribution in [2.75, 3.05) is 19.7 Å². The van der Waals surface area contributed by atoms with E-state index in [9.17, 15) is 0 Å². The van der Waals surface area contributed by atoms with Gasteiger partial charge in [0.05, 0.1) is 6.61 Å². The van der Waals surface area contributed by atoms with Crippen molar-refractivity contribution >= 4 is 0 Å². The normalized spacial score (nSPS) is 10.8. The Morgan fingerprint density at radius 1 is 0.947 bits per heavy atom. The fourth-order valence-electron chi connectivity index (χ4n) is 2.07. The first-order valence-corrected chi connectivity index (χ1v) is 6.65. The summed E-state index contributed by atoms with van der Waals surface area (Å²) in [6.07, 6.45) is 2.73. The molecule has 0 radical (unpaired) electrons. The second-order valence-corrected chi connectivity index (χ2v) is 4.56. The first kappa shape index (κ1) is 13.7. The van der Waals surface area contributed by atoms with Crippen LogP contribution in [0.15, 0.2) is 54.7 Å². The largest absolute Gasteiger partial charge is 0.395 e. The molecule has 0 saturated heterocycles. The van der Waals surface area contributed by atoms with E-state index in [-0.39, 0.29) is 6.61 Å². The maximum atomic E-state index is 9.15. The number of benzene rings is 1. The minimum atomic E-state index is 0.190. The quantitative estimate of drug-likeness (QED) is 0.824. The summed E-state index contributed by atoms with van der Waals surface area (Å²) in [6, 6.07) is 16.3. The molecular weight excluding hydrogens is 236 g/mol. The molecule has 0 fully saturated rings. The van der Waals surface area contributed by atoms with E-state index in [1.54, 1.807) is 0 Å². The van der Waals surface area contributed by atoms with E-state index in [0.717, 1.165) is 25.2 Å². The number of hydrogen-bond donors (Lipinski definition) is 1. The fourth-order valence-corrected chi connectivity index (χ4v) is 2.07. The first-order valence-electron chi connectivity index (χ1n) is 6.65. The van der Waals surface area contributed by atoms with Gasteiger partial charge in [-0.2, -0.15) is 0 Å². The Labute approximate surface area is 114 Å². The summed E-state index contributed by atoms with van der Waals surface area (Å²) in [7, 11) is 0. The molecule has 2 rings (SSSR count). The van der Waals surface area contributed by atoms with Crippen molar-refractivity contribution < 1.29 is 5.11 Å². The third-order valence-electron chi connectivity index (χ3n) is 3.08. The van der Waals surface area contributed by atoms with Gasteiger partial charge in [-0.1, -0.05) is 36.4 Å². The molecular formula is C16H20N2O. The molecule has 1 N–H and O–H groups in total. The van der Waals surface area contributed by atoms with Crippen LogP contribution < -0.4 is 0 Å². The van der Waals surface area contributed by atoms with Crippen LogP contribution in [0.3, 0.4) is 0 Å². The minimum Gasteiger partial charge on any atom is -0.395 e. The lowest BCUT2D eigenvalue weighted by Crippen LogP contribution is -2.28. The van der Waals surface area contributed by atoms with Crippen LogP contribution in [0.4, 0.5) is 0 Å². The molecule has 19 heavy (non-hydrogen) atoms. The van der Waals surface area contributed by atoms with Crippen LogP contribution in [0, 0.1) is 0 Å². The van der Waals surface area contributed by atoms with Gasteiger partial charge in [0.1, 0.15) is 0 Å². The van der Waals surface area contributed by atoms with Crippen LogP contribution in [0.2, 0.25) is 0 Å². The van der Waals surface area contributed by atoms with Gasteiger partial charge in [-0.25, -0.2) is 0 Å². The second-order valence-electron chi connectivity index (χ2n) is 4.56. The zero-order valence-corrected chi connectivity index (χ0v) is 11.1. The van der Waals surface area contributed by atoms with Gasteiger partial charge < -0.3 is 5.11 Å². The maximum Gasteiger partial charge on any atom is 0.0558 e.